The van der Waals surface area contributed by atoms with Gasteiger partial charge in [0.05, 0.1) is 11.6 Å². The van der Waals surface area contributed by atoms with E-state index in [9.17, 15) is 22.8 Å². The van der Waals surface area contributed by atoms with Gasteiger partial charge in [-0.25, -0.2) is 4.79 Å². The SMILES string of the molecule is NC(=O)[C@H]1CCCN(C(=O)Nc2ccccc2OCC(F)(F)F)C1. The Morgan fingerprint density at radius 3 is 2.71 bits per heavy atom. The van der Waals surface area contributed by atoms with Gasteiger partial charge in [0.25, 0.3) is 0 Å². The summed E-state index contributed by atoms with van der Waals surface area (Å²) < 4.78 is 41.6. The lowest BCUT2D eigenvalue weighted by Crippen LogP contribution is -2.45. The molecule has 3 N–H and O–H groups in total. The molecule has 1 atom stereocenters. The molecule has 3 amide bonds. The van der Waals surface area contributed by atoms with E-state index in [1.165, 1.54) is 23.1 Å². The highest BCUT2D eigenvalue weighted by Crippen LogP contribution is 2.27. The van der Waals surface area contributed by atoms with Crippen molar-refractivity contribution in [2.75, 3.05) is 25.0 Å². The molecule has 1 saturated heterocycles. The van der Waals surface area contributed by atoms with Gasteiger partial charge in [-0.3, -0.25) is 4.79 Å². The number of anilines is 1. The molecule has 0 aromatic heterocycles. The number of nitrogens with one attached hydrogen (secondary N) is 1. The van der Waals surface area contributed by atoms with Crippen molar-refractivity contribution in [3.8, 4) is 5.75 Å². The Hall–Kier alpha value is -2.45. The molecule has 6 nitrogen and oxygen atoms in total. The molecule has 0 bridgehead atoms. The van der Waals surface area contributed by atoms with E-state index in [1.54, 1.807) is 6.07 Å². The van der Waals surface area contributed by atoms with Gasteiger partial charge in [0.2, 0.25) is 5.91 Å². The molecule has 132 valence electrons. The van der Waals surface area contributed by atoms with Gasteiger partial charge in [-0.1, -0.05) is 12.1 Å². The zero-order valence-corrected chi connectivity index (χ0v) is 12.8. The molecule has 9 heteroatoms. The third-order valence-electron chi connectivity index (χ3n) is 3.63. The van der Waals surface area contributed by atoms with E-state index in [-0.39, 0.29) is 18.0 Å². The Labute approximate surface area is 136 Å². The Balaban J connectivity index is 2.02. The first-order valence-corrected chi connectivity index (χ1v) is 7.40. The minimum atomic E-state index is -4.47. The summed E-state index contributed by atoms with van der Waals surface area (Å²) in [4.78, 5) is 24.9. The van der Waals surface area contributed by atoms with Crippen LogP contribution in [0.25, 0.3) is 0 Å². The van der Waals surface area contributed by atoms with E-state index in [0.717, 1.165) is 0 Å². The number of halogens is 3. The summed E-state index contributed by atoms with van der Waals surface area (Å²) in [5.74, 6) is -0.964. The zero-order valence-electron chi connectivity index (χ0n) is 12.8. The van der Waals surface area contributed by atoms with Gasteiger partial charge in [0.15, 0.2) is 6.61 Å². The summed E-state index contributed by atoms with van der Waals surface area (Å²) in [7, 11) is 0. The van der Waals surface area contributed by atoms with Crippen LogP contribution in [0.15, 0.2) is 24.3 Å². The van der Waals surface area contributed by atoms with Crippen LogP contribution in [-0.4, -0.2) is 42.7 Å². The van der Waals surface area contributed by atoms with Crippen LogP contribution >= 0.6 is 0 Å². The number of primary amides is 1. The fraction of sp³-hybridized carbons (Fsp3) is 0.467. The van der Waals surface area contributed by atoms with Gasteiger partial charge in [0.1, 0.15) is 5.75 Å². The van der Waals surface area contributed by atoms with Gasteiger partial charge in [-0.15, -0.1) is 0 Å². The molecule has 2 rings (SSSR count). The highest BCUT2D eigenvalue weighted by molar-refractivity contribution is 5.91. The number of nitrogens with zero attached hydrogens (tertiary/aromatic N) is 1. The van der Waals surface area contributed by atoms with Crippen LogP contribution < -0.4 is 15.8 Å². The number of ether oxygens (including phenoxy) is 1. The number of hydrogen-bond donors (Lipinski definition) is 2. The maximum Gasteiger partial charge on any atom is 0.422 e. The Bertz CT molecular complexity index is 607. The molecule has 0 unspecified atom stereocenters. The molecule has 0 saturated carbocycles. The number of para-hydroxylation sites is 2. The zero-order chi connectivity index (χ0) is 17.7. The standard InChI is InChI=1S/C15H18F3N3O3/c16-15(17,18)9-24-12-6-2-1-5-11(12)20-14(23)21-7-3-4-10(8-21)13(19)22/h1-2,5-6,10H,3-4,7-9H2,(H2,19,22)(H,20,23)/t10-/m0/s1. The number of amides is 3. The number of piperidine rings is 1. The Morgan fingerprint density at radius 1 is 1.33 bits per heavy atom. The lowest BCUT2D eigenvalue weighted by Gasteiger charge is -2.31. The summed E-state index contributed by atoms with van der Waals surface area (Å²) in [5, 5.41) is 2.52. The quantitative estimate of drug-likeness (QED) is 0.878. The number of likely N-dealkylation sites (tertiary alicyclic amines) is 1. The van der Waals surface area contributed by atoms with Gasteiger partial charge in [-0.05, 0) is 25.0 Å². The topological polar surface area (TPSA) is 84.7 Å². The molecule has 24 heavy (non-hydrogen) atoms. The van der Waals surface area contributed by atoms with E-state index in [0.29, 0.717) is 19.4 Å². The monoisotopic (exact) mass is 345 g/mol. The molecule has 1 aliphatic rings. The van der Waals surface area contributed by atoms with Crippen LogP contribution in [0.2, 0.25) is 0 Å². The molecule has 0 spiro atoms. The third-order valence-corrected chi connectivity index (χ3v) is 3.63. The van der Waals surface area contributed by atoms with E-state index in [4.69, 9.17) is 10.5 Å². The molecule has 1 aromatic carbocycles. The number of nitrogens with two attached hydrogens (primary N) is 1. The van der Waals surface area contributed by atoms with Crippen molar-refractivity contribution in [3.63, 3.8) is 0 Å². The minimum Gasteiger partial charge on any atom is -0.482 e. The van der Waals surface area contributed by atoms with Crippen molar-refractivity contribution < 1.29 is 27.5 Å². The van der Waals surface area contributed by atoms with Crippen LogP contribution in [0.1, 0.15) is 12.8 Å². The molecule has 0 aliphatic carbocycles. The van der Waals surface area contributed by atoms with Crippen LogP contribution in [0.5, 0.6) is 5.75 Å². The van der Waals surface area contributed by atoms with Crippen molar-refractivity contribution in [2.24, 2.45) is 11.7 Å². The maximum absolute atomic E-state index is 12.3. The number of carbonyl (C=O) groups excluding carboxylic acids is 2. The smallest absolute Gasteiger partial charge is 0.422 e. The van der Waals surface area contributed by atoms with Gasteiger partial charge < -0.3 is 20.7 Å². The largest absolute Gasteiger partial charge is 0.482 e. The fourth-order valence-corrected chi connectivity index (χ4v) is 2.44. The van der Waals surface area contributed by atoms with Gasteiger partial charge >= 0.3 is 12.2 Å². The highest BCUT2D eigenvalue weighted by atomic mass is 19.4. The van der Waals surface area contributed by atoms with Crippen LogP contribution in [0.3, 0.4) is 0 Å². The van der Waals surface area contributed by atoms with Crippen LogP contribution in [0, 0.1) is 5.92 Å². The fourth-order valence-electron chi connectivity index (χ4n) is 2.44. The van der Waals surface area contributed by atoms with Crippen molar-refractivity contribution in [2.45, 2.75) is 19.0 Å². The molecule has 0 radical (unpaired) electrons. The summed E-state index contributed by atoms with van der Waals surface area (Å²) in [6.45, 7) is -0.818. The van der Waals surface area contributed by atoms with Gasteiger partial charge in [-0.2, -0.15) is 13.2 Å². The average Bonchev–Trinajstić information content (AvgIpc) is 2.53. The first-order valence-electron chi connectivity index (χ1n) is 7.40. The lowest BCUT2D eigenvalue weighted by molar-refractivity contribution is -0.153. The minimum absolute atomic E-state index is 0.0772. The average molecular weight is 345 g/mol. The summed E-state index contributed by atoms with van der Waals surface area (Å²) >= 11 is 0. The van der Waals surface area contributed by atoms with E-state index in [2.05, 4.69) is 5.32 Å². The summed E-state index contributed by atoms with van der Waals surface area (Å²) in [6, 6.07) is 5.34. The van der Waals surface area contributed by atoms with Crippen molar-refractivity contribution in [3.05, 3.63) is 24.3 Å². The molecular formula is C15H18F3N3O3. The first-order chi connectivity index (χ1) is 11.3. The number of carbonyl (C=O) groups is 2. The maximum atomic E-state index is 12.3. The van der Waals surface area contributed by atoms with Crippen LogP contribution in [0.4, 0.5) is 23.7 Å². The van der Waals surface area contributed by atoms with Crippen LogP contribution in [-0.2, 0) is 4.79 Å². The number of hydrogen-bond acceptors (Lipinski definition) is 3. The molecule has 1 aliphatic heterocycles. The number of benzene rings is 1. The number of alkyl halides is 3. The number of urea groups is 1. The predicted octanol–water partition coefficient (Wildman–Crippen LogP) is 2.36. The third kappa shape index (κ3) is 5.04. The second-order valence-electron chi connectivity index (χ2n) is 5.52. The second kappa shape index (κ2) is 7.41. The van der Waals surface area contributed by atoms with E-state index in [1.807, 2.05) is 0 Å². The lowest BCUT2D eigenvalue weighted by atomic mass is 9.98. The molecule has 1 heterocycles. The van der Waals surface area contributed by atoms with Crippen molar-refractivity contribution >= 4 is 17.6 Å². The molecule has 1 fully saturated rings. The van der Waals surface area contributed by atoms with E-state index >= 15 is 0 Å². The molecule has 1 aromatic rings. The van der Waals surface area contributed by atoms with Crippen molar-refractivity contribution in [1.29, 1.82) is 0 Å². The number of rotatable bonds is 4. The Morgan fingerprint density at radius 2 is 2.04 bits per heavy atom. The predicted molar refractivity (Wildman–Crippen MR) is 80.5 cm³/mol. The van der Waals surface area contributed by atoms with Gasteiger partial charge in [0, 0.05) is 13.1 Å². The van der Waals surface area contributed by atoms with Crippen molar-refractivity contribution in [1.82, 2.24) is 4.90 Å². The second-order valence-corrected chi connectivity index (χ2v) is 5.52. The highest BCUT2D eigenvalue weighted by Gasteiger charge is 2.30. The summed E-state index contributed by atoms with van der Waals surface area (Å²) in [5.41, 5.74) is 5.40. The Kier molecular flexibility index (Phi) is 5.53. The normalized spacial score (nSPS) is 18.1. The summed E-state index contributed by atoms with van der Waals surface area (Å²) in [6.07, 6.45) is -3.23. The molecular weight excluding hydrogens is 327 g/mol. The van der Waals surface area contributed by atoms with E-state index < -0.39 is 30.6 Å². The first kappa shape index (κ1) is 17.9.